The summed E-state index contributed by atoms with van der Waals surface area (Å²) in [5, 5.41) is 2.17. The van der Waals surface area contributed by atoms with Gasteiger partial charge in [-0.15, -0.1) is 11.3 Å². The van der Waals surface area contributed by atoms with Crippen LogP contribution in [0.15, 0.2) is 15.9 Å². The van der Waals surface area contributed by atoms with E-state index in [9.17, 15) is 0 Å². The second-order valence-electron chi connectivity index (χ2n) is 3.69. The Balaban J connectivity index is 2.23. The van der Waals surface area contributed by atoms with Crippen LogP contribution < -0.4 is 0 Å². The first-order valence-electron chi connectivity index (χ1n) is 4.57. The molecular formula is C10H12Br2S. The van der Waals surface area contributed by atoms with Crippen molar-refractivity contribution in [1.82, 2.24) is 0 Å². The molecule has 72 valence electrons. The Morgan fingerprint density at radius 3 is 2.69 bits per heavy atom. The van der Waals surface area contributed by atoms with E-state index in [-0.39, 0.29) is 0 Å². The first-order valence-corrected chi connectivity index (χ1v) is 7.16. The van der Waals surface area contributed by atoms with Gasteiger partial charge in [0.15, 0.2) is 0 Å². The van der Waals surface area contributed by atoms with Crippen molar-refractivity contribution in [3.8, 4) is 0 Å². The molecule has 1 aliphatic rings. The molecule has 1 heterocycles. The highest BCUT2D eigenvalue weighted by molar-refractivity contribution is 9.10. The summed E-state index contributed by atoms with van der Waals surface area (Å²) >= 11 is 9.25. The summed E-state index contributed by atoms with van der Waals surface area (Å²) in [7, 11) is 0. The van der Waals surface area contributed by atoms with E-state index in [2.05, 4.69) is 50.2 Å². The molecule has 0 bridgehead atoms. The summed E-state index contributed by atoms with van der Waals surface area (Å²) in [6, 6.07) is 2.16. The third kappa shape index (κ3) is 1.88. The summed E-state index contributed by atoms with van der Waals surface area (Å²) < 4.78 is 1.30. The lowest BCUT2D eigenvalue weighted by molar-refractivity contribution is 0.551. The van der Waals surface area contributed by atoms with Crippen LogP contribution in [0.3, 0.4) is 0 Å². The maximum atomic E-state index is 3.74. The van der Waals surface area contributed by atoms with E-state index in [1.165, 1.54) is 22.2 Å². The molecule has 0 N–H and O–H groups in total. The standard InChI is InChI=1S/C10H12Br2S/c1-6-7(2-3-8(6)11)10-9(12)4-5-13-10/h4-8H,2-3H2,1H3. The number of rotatable bonds is 1. The number of thiophene rings is 1. The molecule has 0 amide bonds. The molecule has 0 radical (unpaired) electrons. The smallest absolute Gasteiger partial charge is 0.0317 e. The van der Waals surface area contributed by atoms with E-state index in [4.69, 9.17) is 0 Å². The molecule has 0 saturated heterocycles. The van der Waals surface area contributed by atoms with Gasteiger partial charge in [0, 0.05) is 14.2 Å². The van der Waals surface area contributed by atoms with Crippen molar-refractivity contribution in [3.05, 3.63) is 20.8 Å². The molecule has 3 unspecified atom stereocenters. The molecular weight excluding hydrogens is 312 g/mol. The average molecular weight is 324 g/mol. The Hall–Kier alpha value is 0.660. The lowest BCUT2D eigenvalue weighted by atomic mass is 9.97. The lowest BCUT2D eigenvalue weighted by Crippen LogP contribution is -2.08. The molecule has 0 aromatic carbocycles. The minimum Gasteiger partial charge on any atom is -0.147 e. The monoisotopic (exact) mass is 322 g/mol. The molecule has 3 heteroatoms. The molecule has 1 aromatic rings. The van der Waals surface area contributed by atoms with Gasteiger partial charge < -0.3 is 0 Å². The summed E-state index contributed by atoms with van der Waals surface area (Å²) in [6.45, 7) is 2.35. The largest absolute Gasteiger partial charge is 0.147 e. The zero-order valence-corrected chi connectivity index (χ0v) is 11.5. The van der Waals surface area contributed by atoms with Gasteiger partial charge >= 0.3 is 0 Å². The topological polar surface area (TPSA) is 0 Å². The first kappa shape index (κ1) is 10.2. The van der Waals surface area contributed by atoms with E-state index in [0.29, 0.717) is 4.83 Å². The molecule has 2 rings (SSSR count). The maximum absolute atomic E-state index is 3.74. The Labute approximate surface area is 100.0 Å². The number of halogens is 2. The molecule has 1 fully saturated rings. The van der Waals surface area contributed by atoms with Crippen LogP contribution in [0.1, 0.15) is 30.6 Å². The third-order valence-corrected chi connectivity index (χ3v) is 6.23. The second-order valence-corrected chi connectivity index (χ2v) is 6.67. The predicted octanol–water partition coefficient (Wildman–Crippen LogP) is 4.79. The Bertz CT molecular complexity index is 295. The van der Waals surface area contributed by atoms with Crippen molar-refractivity contribution in [1.29, 1.82) is 0 Å². The molecule has 1 aromatic heterocycles. The summed E-state index contributed by atoms with van der Waals surface area (Å²) in [6.07, 6.45) is 2.65. The molecule has 0 spiro atoms. The molecule has 0 aliphatic heterocycles. The van der Waals surface area contributed by atoms with Gasteiger partial charge in [-0.25, -0.2) is 0 Å². The van der Waals surface area contributed by atoms with Crippen LogP contribution in [-0.2, 0) is 0 Å². The van der Waals surface area contributed by atoms with E-state index in [1.54, 1.807) is 0 Å². The van der Waals surface area contributed by atoms with Crippen molar-refractivity contribution in [2.24, 2.45) is 5.92 Å². The lowest BCUT2D eigenvalue weighted by Gasteiger charge is -2.16. The minimum atomic E-state index is 0.714. The van der Waals surface area contributed by atoms with E-state index in [0.717, 1.165) is 11.8 Å². The molecule has 3 atom stereocenters. The highest BCUT2D eigenvalue weighted by Crippen LogP contribution is 2.46. The Morgan fingerprint density at radius 2 is 2.23 bits per heavy atom. The maximum Gasteiger partial charge on any atom is 0.0317 e. The van der Waals surface area contributed by atoms with Crippen LogP contribution in [0.4, 0.5) is 0 Å². The highest BCUT2D eigenvalue weighted by Gasteiger charge is 2.33. The van der Waals surface area contributed by atoms with Gasteiger partial charge in [-0.3, -0.25) is 0 Å². The quantitative estimate of drug-likeness (QED) is 0.652. The average Bonchev–Trinajstić information content (AvgIpc) is 2.62. The predicted molar refractivity (Wildman–Crippen MR) is 65.9 cm³/mol. The van der Waals surface area contributed by atoms with E-state index >= 15 is 0 Å². The number of hydrogen-bond donors (Lipinski definition) is 0. The van der Waals surface area contributed by atoms with Gasteiger partial charge in [-0.2, -0.15) is 0 Å². The Kier molecular flexibility index (Phi) is 3.16. The van der Waals surface area contributed by atoms with Crippen LogP contribution in [0, 0.1) is 5.92 Å². The van der Waals surface area contributed by atoms with E-state index in [1.807, 2.05) is 11.3 Å². The molecule has 0 nitrogen and oxygen atoms in total. The number of hydrogen-bond acceptors (Lipinski definition) is 1. The summed E-state index contributed by atoms with van der Waals surface area (Å²) in [5.41, 5.74) is 0. The van der Waals surface area contributed by atoms with Gasteiger partial charge in [0.1, 0.15) is 0 Å². The SMILES string of the molecule is CC1C(Br)CCC1c1sccc1Br. The fourth-order valence-corrected chi connectivity index (χ4v) is 4.61. The Morgan fingerprint density at radius 1 is 1.46 bits per heavy atom. The molecule has 1 saturated carbocycles. The van der Waals surface area contributed by atoms with Gasteiger partial charge in [-0.05, 0) is 52.1 Å². The second kappa shape index (κ2) is 4.03. The molecule has 13 heavy (non-hydrogen) atoms. The van der Waals surface area contributed by atoms with Crippen molar-refractivity contribution in [2.45, 2.75) is 30.5 Å². The normalized spacial score (nSPS) is 33.9. The molecule has 1 aliphatic carbocycles. The van der Waals surface area contributed by atoms with Gasteiger partial charge in [0.05, 0.1) is 0 Å². The third-order valence-electron chi connectivity index (χ3n) is 2.94. The van der Waals surface area contributed by atoms with Crippen LogP contribution in [-0.4, -0.2) is 4.83 Å². The fraction of sp³-hybridized carbons (Fsp3) is 0.600. The first-order chi connectivity index (χ1) is 6.20. The van der Waals surface area contributed by atoms with Crippen LogP contribution in [0.2, 0.25) is 0 Å². The fourth-order valence-electron chi connectivity index (χ4n) is 2.06. The van der Waals surface area contributed by atoms with Crippen LogP contribution in [0.25, 0.3) is 0 Å². The zero-order chi connectivity index (χ0) is 9.42. The minimum absolute atomic E-state index is 0.714. The summed E-state index contributed by atoms with van der Waals surface area (Å²) in [4.78, 5) is 2.25. The van der Waals surface area contributed by atoms with Crippen molar-refractivity contribution < 1.29 is 0 Å². The summed E-state index contributed by atoms with van der Waals surface area (Å²) in [5.74, 6) is 1.54. The van der Waals surface area contributed by atoms with Gasteiger partial charge in [0.25, 0.3) is 0 Å². The van der Waals surface area contributed by atoms with Gasteiger partial charge in [-0.1, -0.05) is 22.9 Å². The van der Waals surface area contributed by atoms with Gasteiger partial charge in [0.2, 0.25) is 0 Å². The highest BCUT2D eigenvalue weighted by atomic mass is 79.9. The number of alkyl halides is 1. The van der Waals surface area contributed by atoms with Crippen molar-refractivity contribution in [2.75, 3.05) is 0 Å². The van der Waals surface area contributed by atoms with Crippen LogP contribution >= 0.6 is 43.2 Å². The van der Waals surface area contributed by atoms with Crippen molar-refractivity contribution >= 4 is 43.2 Å². The van der Waals surface area contributed by atoms with Crippen molar-refractivity contribution in [3.63, 3.8) is 0 Å². The van der Waals surface area contributed by atoms with E-state index < -0.39 is 0 Å². The van der Waals surface area contributed by atoms with Crippen LogP contribution in [0.5, 0.6) is 0 Å². The zero-order valence-electron chi connectivity index (χ0n) is 7.47.